The third-order valence-corrected chi connectivity index (χ3v) is 7.19. The Bertz CT molecular complexity index is 1300. The molecule has 188 valence electrons. The fourth-order valence-corrected chi connectivity index (χ4v) is 5.41. The summed E-state index contributed by atoms with van der Waals surface area (Å²) in [5.74, 6) is 0.515. The summed E-state index contributed by atoms with van der Waals surface area (Å²) in [6.07, 6.45) is 5.75. The molecule has 7 nitrogen and oxygen atoms in total. The quantitative estimate of drug-likeness (QED) is 0.355. The van der Waals surface area contributed by atoms with Crippen LogP contribution in [0.4, 0.5) is 11.5 Å². The lowest BCUT2D eigenvalue weighted by Gasteiger charge is -2.40. The molecule has 0 saturated heterocycles. The Morgan fingerprint density at radius 3 is 2.53 bits per heavy atom. The Morgan fingerprint density at radius 2 is 1.83 bits per heavy atom. The second kappa shape index (κ2) is 10.7. The number of aromatic nitrogens is 2. The number of Topliss-reactive ketones (excluding diaryl/α,β-unsaturated/α-hetero) is 1. The van der Waals surface area contributed by atoms with Crippen LogP contribution in [0.3, 0.4) is 0 Å². The molecular formula is C28H32N4O3S. The predicted molar refractivity (Wildman–Crippen MR) is 145 cm³/mol. The largest absolute Gasteiger partial charge is 0.464 e. The highest BCUT2D eigenvalue weighted by Gasteiger charge is 2.48. The average Bonchev–Trinajstić information content (AvgIpc) is 2.86. The van der Waals surface area contributed by atoms with Crippen LogP contribution < -0.4 is 10.6 Å². The number of carbonyl (C=O) groups is 2. The van der Waals surface area contributed by atoms with Crippen molar-refractivity contribution in [3.8, 4) is 0 Å². The molecule has 0 aliphatic heterocycles. The van der Waals surface area contributed by atoms with Crippen molar-refractivity contribution in [3.63, 3.8) is 0 Å². The van der Waals surface area contributed by atoms with Crippen molar-refractivity contribution < 1.29 is 14.3 Å². The number of rotatable bonds is 10. The fraction of sp³-hybridized carbons (Fsp3) is 0.357. The molecule has 2 N–H and O–H groups in total. The molecule has 1 aliphatic rings. The van der Waals surface area contributed by atoms with Gasteiger partial charge in [0.25, 0.3) is 0 Å². The third-order valence-electron chi connectivity index (χ3n) is 6.09. The number of nitrogens with zero attached hydrogens (tertiary/aromatic N) is 2. The van der Waals surface area contributed by atoms with Gasteiger partial charge in [0.1, 0.15) is 11.9 Å². The zero-order valence-corrected chi connectivity index (χ0v) is 22.1. The molecule has 0 bridgehead atoms. The van der Waals surface area contributed by atoms with E-state index in [0.717, 1.165) is 33.5 Å². The predicted octanol–water partition coefficient (Wildman–Crippen LogP) is 5.40. The molecule has 0 saturated carbocycles. The summed E-state index contributed by atoms with van der Waals surface area (Å²) in [5, 5.41) is 8.99. The van der Waals surface area contributed by atoms with E-state index >= 15 is 0 Å². The van der Waals surface area contributed by atoms with Crippen LogP contribution in [0.25, 0.3) is 10.8 Å². The first-order valence-electron chi connectivity index (χ1n) is 12.1. The van der Waals surface area contributed by atoms with Gasteiger partial charge in [0.15, 0.2) is 5.78 Å². The first-order valence-corrected chi connectivity index (χ1v) is 13.0. The molecule has 0 radical (unpaired) electrons. The van der Waals surface area contributed by atoms with Gasteiger partial charge >= 0.3 is 5.97 Å². The van der Waals surface area contributed by atoms with Crippen molar-refractivity contribution in [1.29, 1.82) is 0 Å². The summed E-state index contributed by atoms with van der Waals surface area (Å²) in [6, 6.07) is 11.2. The molecule has 0 amide bonds. The Labute approximate surface area is 216 Å². The Kier molecular flexibility index (Phi) is 7.64. The molecule has 8 heteroatoms. The number of allylic oxidation sites excluding steroid dienone is 2. The number of esters is 1. The van der Waals surface area contributed by atoms with Gasteiger partial charge in [-0.1, -0.05) is 26.0 Å². The molecule has 1 atom stereocenters. The number of hydrogen-bond donors (Lipinski definition) is 2. The van der Waals surface area contributed by atoms with Gasteiger partial charge in [-0.3, -0.25) is 9.78 Å². The van der Waals surface area contributed by atoms with E-state index in [1.54, 1.807) is 25.5 Å². The van der Waals surface area contributed by atoms with Crippen LogP contribution in [0.2, 0.25) is 0 Å². The van der Waals surface area contributed by atoms with Crippen LogP contribution in [0, 0.1) is 5.41 Å². The van der Waals surface area contributed by atoms with E-state index in [-0.39, 0.29) is 17.0 Å². The minimum Gasteiger partial charge on any atom is -0.464 e. The maximum absolute atomic E-state index is 12.9. The number of carbonyl (C=O) groups excluding carboxylic acids is 2. The smallest absolute Gasteiger partial charge is 0.328 e. The molecule has 1 aliphatic carbocycles. The van der Waals surface area contributed by atoms with Crippen LogP contribution in [0.5, 0.6) is 0 Å². The molecule has 1 unspecified atom stereocenters. The van der Waals surface area contributed by atoms with Gasteiger partial charge in [-0.05, 0) is 56.0 Å². The number of ether oxygens (including phenoxy) is 1. The lowest BCUT2D eigenvalue weighted by atomic mass is 9.74. The molecule has 0 spiro atoms. The van der Waals surface area contributed by atoms with Gasteiger partial charge in [0.2, 0.25) is 0 Å². The summed E-state index contributed by atoms with van der Waals surface area (Å²) in [6.45, 7) is 9.97. The van der Waals surface area contributed by atoms with Crippen molar-refractivity contribution in [2.75, 3.05) is 11.9 Å². The SMILES string of the molecule is CCOC(=O)C(Cc1ccc(Nc2nccc3ccncc23)cc1)NC1=C(SC(C)C)C(=O)C1(C)C. The third kappa shape index (κ3) is 5.38. The number of benzene rings is 1. The van der Waals surface area contributed by atoms with Gasteiger partial charge in [0.05, 0.1) is 16.9 Å². The maximum atomic E-state index is 12.9. The molecule has 2 heterocycles. The van der Waals surface area contributed by atoms with Crippen molar-refractivity contribution in [2.24, 2.45) is 5.41 Å². The van der Waals surface area contributed by atoms with Crippen molar-refractivity contribution >= 4 is 45.8 Å². The number of pyridine rings is 2. The number of anilines is 2. The molecule has 36 heavy (non-hydrogen) atoms. The minimum absolute atomic E-state index is 0.110. The zero-order chi connectivity index (χ0) is 25.9. The fourth-order valence-electron chi connectivity index (χ4n) is 4.14. The van der Waals surface area contributed by atoms with E-state index in [4.69, 9.17) is 4.74 Å². The average molecular weight is 505 g/mol. The standard InChI is InChI=1S/C28H32N4O3S/c1-6-35-27(34)22(32-24-23(36-17(2)3)25(33)28(24,4)5)15-18-7-9-20(10-8-18)31-26-21-16-29-13-11-19(21)12-14-30-26/h7-14,16-17,22,32H,6,15H2,1-5H3,(H,30,31). The van der Waals surface area contributed by atoms with Gasteiger partial charge < -0.3 is 15.4 Å². The number of fused-ring (bicyclic) bond motifs is 1. The summed E-state index contributed by atoms with van der Waals surface area (Å²) >= 11 is 1.53. The Morgan fingerprint density at radius 1 is 1.11 bits per heavy atom. The lowest BCUT2D eigenvalue weighted by Crippen LogP contribution is -2.51. The van der Waals surface area contributed by atoms with Crippen LogP contribution in [0.1, 0.15) is 40.2 Å². The van der Waals surface area contributed by atoms with Crippen molar-refractivity contribution in [2.45, 2.75) is 52.3 Å². The number of nitrogens with one attached hydrogen (secondary N) is 2. The van der Waals surface area contributed by atoms with Gasteiger partial charge in [-0.25, -0.2) is 9.78 Å². The highest BCUT2D eigenvalue weighted by Crippen LogP contribution is 2.47. The van der Waals surface area contributed by atoms with Crippen LogP contribution in [-0.2, 0) is 20.7 Å². The molecule has 3 aromatic rings. The number of ketones is 1. The number of hydrogen-bond acceptors (Lipinski definition) is 8. The second-order valence-electron chi connectivity index (χ2n) is 9.56. The van der Waals surface area contributed by atoms with E-state index in [9.17, 15) is 9.59 Å². The van der Waals surface area contributed by atoms with Gasteiger partial charge in [-0.15, -0.1) is 11.8 Å². The Balaban J connectivity index is 1.52. The van der Waals surface area contributed by atoms with E-state index in [0.29, 0.717) is 17.9 Å². The van der Waals surface area contributed by atoms with E-state index in [1.165, 1.54) is 11.8 Å². The summed E-state index contributed by atoms with van der Waals surface area (Å²) in [7, 11) is 0. The normalized spacial score (nSPS) is 15.6. The van der Waals surface area contributed by atoms with E-state index in [2.05, 4.69) is 34.4 Å². The minimum atomic E-state index is -0.643. The first-order chi connectivity index (χ1) is 17.2. The van der Waals surface area contributed by atoms with Crippen LogP contribution in [0.15, 0.2) is 65.6 Å². The second-order valence-corrected chi connectivity index (χ2v) is 11.1. The molecule has 1 aromatic carbocycles. The summed E-state index contributed by atoms with van der Waals surface area (Å²) in [4.78, 5) is 34.9. The first kappa shape index (κ1) is 25.7. The van der Waals surface area contributed by atoms with Gasteiger partial charge in [-0.2, -0.15) is 0 Å². The van der Waals surface area contributed by atoms with Crippen molar-refractivity contribution in [3.05, 3.63) is 71.2 Å². The van der Waals surface area contributed by atoms with Crippen LogP contribution >= 0.6 is 11.8 Å². The Hall–Kier alpha value is -3.39. The topological polar surface area (TPSA) is 93.2 Å². The lowest BCUT2D eigenvalue weighted by molar-refractivity contribution is -0.145. The highest BCUT2D eigenvalue weighted by molar-refractivity contribution is 8.04. The summed E-state index contributed by atoms with van der Waals surface area (Å²) in [5.41, 5.74) is 2.03. The molecule has 0 fully saturated rings. The van der Waals surface area contributed by atoms with Crippen LogP contribution in [-0.4, -0.2) is 39.6 Å². The monoisotopic (exact) mass is 504 g/mol. The number of thioether (sulfide) groups is 1. The van der Waals surface area contributed by atoms with Gasteiger partial charge in [0, 0.05) is 47.0 Å². The molecular weight excluding hydrogens is 472 g/mol. The zero-order valence-electron chi connectivity index (χ0n) is 21.3. The van der Waals surface area contributed by atoms with E-state index < -0.39 is 11.5 Å². The van der Waals surface area contributed by atoms with Crippen molar-refractivity contribution in [1.82, 2.24) is 15.3 Å². The maximum Gasteiger partial charge on any atom is 0.328 e. The molecule has 4 rings (SSSR count). The highest BCUT2D eigenvalue weighted by atomic mass is 32.2. The summed E-state index contributed by atoms with van der Waals surface area (Å²) < 4.78 is 5.36. The molecule has 2 aromatic heterocycles. The van der Waals surface area contributed by atoms with E-state index in [1.807, 2.05) is 50.2 Å².